The van der Waals surface area contributed by atoms with Gasteiger partial charge in [0.25, 0.3) is 0 Å². The number of hydrogen-bond acceptors (Lipinski definition) is 3. The summed E-state index contributed by atoms with van der Waals surface area (Å²) in [6.45, 7) is 7.07. The summed E-state index contributed by atoms with van der Waals surface area (Å²) < 4.78 is 0. The zero-order valence-corrected chi connectivity index (χ0v) is 12.5. The Morgan fingerprint density at radius 2 is 1.74 bits per heavy atom. The normalized spacial score (nSPS) is 26.5. The van der Waals surface area contributed by atoms with E-state index in [-0.39, 0.29) is 0 Å². The summed E-state index contributed by atoms with van der Waals surface area (Å²) in [5, 5.41) is 0. The minimum atomic E-state index is 0.688. The molecular formula is C16H25N3. The quantitative estimate of drug-likeness (QED) is 0.825. The standard InChI is InChI=1S/C16H25N3/c1-12(2)18-10-16-9-15(18)11-19(16)14-7-5-13(6-8-14)17(3)4/h5-8,12,15-16H,9-11H2,1-4H3. The van der Waals surface area contributed by atoms with Gasteiger partial charge in [-0.05, 0) is 44.5 Å². The average Bonchev–Trinajstić information content (AvgIpc) is 2.98. The predicted octanol–water partition coefficient (Wildman–Crippen LogP) is 2.42. The maximum Gasteiger partial charge on any atom is 0.0433 e. The van der Waals surface area contributed by atoms with Crippen molar-refractivity contribution in [2.45, 2.75) is 38.4 Å². The first-order chi connectivity index (χ1) is 9.06. The largest absolute Gasteiger partial charge is 0.378 e. The number of rotatable bonds is 3. The Kier molecular flexibility index (Phi) is 3.17. The SMILES string of the molecule is CC(C)N1CC2CC1CN2c1ccc(N(C)C)cc1. The van der Waals surface area contributed by atoms with E-state index in [9.17, 15) is 0 Å². The summed E-state index contributed by atoms with van der Waals surface area (Å²) in [6, 6.07) is 11.2. The fourth-order valence-electron chi connectivity index (χ4n) is 3.59. The summed E-state index contributed by atoms with van der Waals surface area (Å²) in [5.41, 5.74) is 2.67. The van der Waals surface area contributed by atoms with Gasteiger partial charge in [0, 0.05) is 56.7 Å². The van der Waals surface area contributed by atoms with Crippen LogP contribution in [0.2, 0.25) is 0 Å². The molecule has 2 aliphatic heterocycles. The van der Waals surface area contributed by atoms with Gasteiger partial charge in [0.15, 0.2) is 0 Å². The van der Waals surface area contributed by atoms with Gasteiger partial charge in [-0.1, -0.05) is 0 Å². The lowest BCUT2D eigenvalue weighted by Gasteiger charge is -2.37. The van der Waals surface area contributed by atoms with Gasteiger partial charge in [-0.25, -0.2) is 0 Å². The monoisotopic (exact) mass is 259 g/mol. The van der Waals surface area contributed by atoms with Gasteiger partial charge in [-0.2, -0.15) is 0 Å². The zero-order valence-electron chi connectivity index (χ0n) is 12.5. The maximum atomic E-state index is 2.66. The molecule has 1 aromatic carbocycles. The number of nitrogens with zero attached hydrogens (tertiary/aromatic N) is 3. The summed E-state index contributed by atoms with van der Waals surface area (Å²) in [4.78, 5) is 7.42. The molecule has 2 fully saturated rings. The van der Waals surface area contributed by atoms with Crippen LogP contribution in [-0.4, -0.2) is 50.2 Å². The topological polar surface area (TPSA) is 9.72 Å². The van der Waals surface area contributed by atoms with Crippen LogP contribution in [0.1, 0.15) is 20.3 Å². The van der Waals surface area contributed by atoms with E-state index < -0.39 is 0 Å². The second kappa shape index (κ2) is 4.71. The molecule has 2 atom stereocenters. The van der Waals surface area contributed by atoms with Gasteiger partial charge in [0.1, 0.15) is 0 Å². The third-order valence-corrected chi connectivity index (χ3v) is 4.64. The minimum Gasteiger partial charge on any atom is -0.378 e. The van der Waals surface area contributed by atoms with Crippen LogP contribution >= 0.6 is 0 Å². The van der Waals surface area contributed by atoms with E-state index in [2.05, 4.69) is 66.9 Å². The molecule has 0 aromatic heterocycles. The van der Waals surface area contributed by atoms with Crippen molar-refractivity contribution in [3.63, 3.8) is 0 Å². The van der Waals surface area contributed by atoms with Gasteiger partial charge in [0.2, 0.25) is 0 Å². The van der Waals surface area contributed by atoms with Crippen molar-refractivity contribution in [3.05, 3.63) is 24.3 Å². The summed E-state index contributed by atoms with van der Waals surface area (Å²) >= 11 is 0. The van der Waals surface area contributed by atoms with Crippen molar-refractivity contribution in [1.29, 1.82) is 0 Å². The van der Waals surface area contributed by atoms with Gasteiger partial charge < -0.3 is 9.80 Å². The first-order valence-electron chi connectivity index (χ1n) is 7.36. The van der Waals surface area contributed by atoms with Crippen LogP contribution in [0.15, 0.2) is 24.3 Å². The first kappa shape index (κ1) is 12.8. The molecule has 0 amide bonds. The fourth-order valence-corrected chi connectivity index (χ4v) is 3.59. The molecular weight excluding hydrogens is 234 g/mol. The molecule has 2 aliphatic rings. The van der Waals surface area contributed by atoms with Crippen LogP contribution in [0.25, 0.3) is 0 Å². The molecule has 0 N–H and O–H groups in total. The molecule has 0 radical (unpaired) electrons. The van der Waals surface area contributed by atoms with Gasteiger partial charge in [0.05, 0.1) is 0 Å². The molecule has 104 valence electrons. The van der Waals surface area contributed by atoms with Crippen LogP contribution in [-0.2, 0) is 0 Å². The minimum absolute atomic E-state index is 0.688. The fraction of sp³-hybridized carbons (Fsp3) is 0.625. The summed E-state index contributed by atoms with van der Waals surface area (Å²) in [7, 11) is 4.18. The zero-order chi connectivity index (χ0) is 13.6. The third-order valence-electron chi connectivity index (χ3n) is 4.64. The van der Waals surface area contributed by atoms with E-state index in [1.165, 1.54) is 30.9 Å². The molecule has 3 rings (SSSR count). The lowest BCUT2D eigenvalue weighted by molar-refractivity contribution is 0.191. The lowest BCUT2D eigenvalue weighted by atomic mass is 10.2. The number of benzene rings is 1. The summed E-state index contributed by atoms with van der Waals surface area (Å²) in [6.07, 6.45) is 1.34. The van der Waals surface area contributed by atoms with E-state index in [0.717, 1.165) is 12.1 Å². The smallest absolute Gasteiger partial charge is 0.0433 e. The number of hydrogen-bond donors (Lipinski definition) is 0. The van der Waals surface area contributed by atoms with E-state index in [1.54, 1.807) is 0 Å². The Balaban J connectivity index is 1.72. The Morgan fingerprint density at radius 3 is 2.21 bits per heavy atom. The molecule has 2 bridgehead atoms. The molecule has 3 nitrogen and oxygen atoms in total. The van der Waals surface area contributed by atoms with Crippen molar-refractivity contribution in [2.75, 3.05) is 37.0 Å². The molecule has 19 heavy (non-hydrogen) atoms. The molecule has 3 heteroatoms. The van der Waals surface area contributed by atoms with Gasteiger partial charge in [-0.3, -0.25) is 4.90 Å². The molecule has 0 saturated carbocycles. The maximum absolute atomic E-state index is 2.66. The van der Waals surface area contributed by atoms with Crippen LogP contribution in [0, 0.1) is 0 Å². The van der Waals surface area contributed by atoms with Crippen molar-refractivity contribution < 1.29 is 0 Å². The number of likely N-dealkylation sites (tertiary alicyclic amines) is 1. The van der Waals surface area contributed by atoms with Crippen LogP contribution in [0.3, 0.4) is 0 Å². The Morgan fingerprint density at radius 1 is 1.05 bits per heavy atom. The molecule has 0 spiro atoms. The molecule has 1 aromatic rings. The lowest BCUT2D eigenvalue weighted by Crippen LogP contribution is -2.48. The van der Waals surface area contributed by atoms with E-state index >= 15 is 0 Å². The predicted molar refractivity (Wildman–Crippen MR) is 82.2 cm³/mol. The number of fused-ring (bicyclic) bond motifs is 2. The molecule has 2 unspecified atom stereocenters. The average molecular weight is 259 g/mol. The highest BCUT2D eigenvalue weighted by molar-refractivity contribution is 5.57. The van der Waals surface area contributed by atoms with Gasteiger partial charge in [-0.15, -0.1) is 0 Å². The van der Waals surface area contributed by atoms with Crippen molar-refractivity contribution >= 4 is 11.4 Å². The van der Waals surface area contributed by atoms with E-state index in [0.29, 0.717) is 6.04 Å². The second-order valence-electron chi connectivity index (χ2n) is 6.40. The highest BCUT2D eigenvalue weighted by Crippen LogP contribution is 2.35. The number of anilines is 2. The highest BCUT2D eigenvalue weighted by atomic mass is 15.4. The van der Waals surface area contributed by atoms with Crippen molar-refractivity contribution in [2.24, 2.45) is 0 Å². The van der Waals surface area contributed by atoms with Crippen LogP contribution in [0.4, 0.5) is 11.4 Å². The van der Waals surface area contributed by atoms with Gasteiger partial charge >= 0.3 is 0 Å². The summed E-state index contributed by atoms with van der Waals surface area (Å²) in [5.74, 6) is 0. The Bertz CT molecular complexity index is 438. The Labute approximate surface area is 116 Å². The van der Waals surface area contributed by atoms with Crippen LogP contribution in [0.5, 0.6) is 0 Å². The Hall–Kier alpha value is -1.22. The third kappa shape index (κ3) is 2.20. The van der Waals surface area contributed by atoms with E-state index in [1.807, 2.05) is 0 Å². The molecule has 0 aliphatic carbocycles. The van der Waals surface area contributed by atoms with Crippen LogP contribution < -0.4 is 9.80 Å². The first-order valence-corrected chi connectivity index (χ1v) is 7.36. The highest BCUT2D eigenvalue weighted by Gasteiger charge is 2.43. The van der Waals surface area contributed by atoms with E-state index in [4.69, 9.17) is 0 Å². The number of piperazine rings is 1. The molecule has 2 saturated heterocycles. The molecule has 2 heterocycles. The van der Waals surface area contributed by atoms with Crippen molar-refractivity contribution in [3.8, 4) is 0 Å². The van der Waals surface area contributed by atoms with Crippen molar-refractivity contribution in [1.82, 2.24) is 4.90 Å². The second-order valence-corrected chi connectivity index (χ2v) is 6.40.